The van der Waals surface area contributed by atoms with Crippen LogP contribution < -0.4 is 10.6 Å². The number of hydrogen-bond donors (Lipinski definition) is 2. The van der Waals surface area contributed by atoms with Crippen LogP contribution in [0.2, 0.25) is 0 Å². The number of anilines is 1. The summed E-state index contributed by atoms with van der Waals surface area (Å²) in [4.78, 5) is 19.6. The van der Waals surface area contributed by atoms with Crippen LogP contribution in [-0.4, -0.2) is 59.3 Å². The number of fused-ring (bicyclic) bond motifs is 1. The highest BCUT2D eigenvalue weighted by molar-refractivity contribution is 7.99. The molecule has 1 aliphatic rings. The van der Waals surface area contributed by atoms with Crippen molar-refractivity contribution in [1.29, 1.82) is 0 Å². The third-order valence-electron chi connectivity index (χ3n) is 5.03. The van der Waals surface area contributed by atoms with Gasteiger partial charge in [-0.3, -0.25) is 4.79 Å². The van der Waals surface area contributed by atoms with Crippen LogP contribution in [0.15, 0.2) is 24.3 Å². The monoisotopic (exact) mass is 440 g/mol. The van der Waals surface area contributed by atoms with Crippen molar-refractivity contribution >= 4 is 34.3 Å². The summed E-state index contributed by atoms with van der Waals surface area (Å²) in [7, 11) is 0. The smallest absolute Gasteiger partial charge is 0.376 e. The van der Waals surface area contributed by atoms with Crippen LogP contribution in [0.5, 0.6) is 0 Å². The summed E-state index contributed by atoms with van der Waals surface area (Å²) >= 11 is 1.83. The van der Waals surface area contributed by atoms with Gasteiger partial charge < -0.3 is 15.5 Å². The number of aryl methyl sites for hydroxylation is 1. The number of amides is 1. The average Bonchev–Trinajstić information content (AvgIpc) is 3.21. The van der Waals surface area contributed by atoms with Gasteiger partial charge in [-0.05, 0) is 43.2 Å². The lowest BCUT2D eigenvalue weighted by atomic mass is 10.1. The number of hydrogen-bond acceptors (Lipinski definition) is 5. The lowest BCUT2D eigenvalue weighted by molar-refractivity contribution is -0.115. The van der Waals surface area contributed by atoms with Crippen LogP contribution in [0.3, 0.4) is 0 Å². The molecule has 30 heavy (non-hydrogen) atoms. The van der Waals surface area contributed by atoms with Crippen molar-refractivity contribution < 1.29 is 18.0 Å². The van der Waals surface area contributed by atoms with Crippen molar-refractivity contribution in [3.05, 3.63) is 35.5 Å². The molecule has 1 fully saturated rings. The minimum atomic E-state index is -4.28. The number of halogens is 3. The third kappa shape index (κ3) is 6.01. The minimum absolute atomic E-state index is 0.105. The van der Waals surface area contributed by atoms with E-state index >= 15 is 0 Å². The first kappa shape index (κ1) is 22.7. The molecule has 3 rings (SSSR count). The molecule has 0 spiro atoms. The minimum Gasteiger partial charge on any atom is -0.376 e. The second-order valence-corrected chi connectivity index (χ2v) is 8.58. The van der Waals surface area contributed by atoms with E-state index in [1.54, 1.807) is 24.3 Å². The molecule has 1 aromatic heterocycles. The predicted octanol–water partition coefficient (Wildman–Crippen LogP) is 4.42. The van der Waals surface area contributed by atoms with Gasteiger partial charge in [0, 0.05) is 41.8 Å². The third-order valence-corrected chi connectivity index (χ3v) is 6.04. The van der Waals surface area contributed by atoms with E-state index in [9.17, 15) is 18.0 Å². The van der Waals surface area contributed by atoms with Crippen molar-refractivity contribution in [2.24, 2.45) is 0 Å². The Labute approximate surface area is 178 Å². The number of pyridine rings is 1. The summed E-state index contributed by atoms with van der Waals surface area (Å²) in [6.45, 7) is 4.17. The van der Waals surface area contributed by atoms with E-state index in [1.807, 2.05) is 23.6 Å². The molecule has 2 aromatic rings. The fourth-order valence-electron chi connectivity index (χ4n) is 3.42. The number of carbonyl (C=O) groups is 1. The van der Waals surface area contributed by atoms with Gasteiger partial charge in [0.25, 0.3) is 5.91 Å². The first-order valence-electron chi connectivity index (χ1n) is 10.1. The number of rotatable bonds is 8. The molecule has 1 aliphatic heterocycles. The van der Waals surface area contributed by atoms with E-state index in [-0.39, 0.29) is 11.9 Å². The summed E-state index contributed by atoms with van der Waals surface area (Å²) in [6.07, 6.45) is -2.37. The quantitative estimate of drug-likeness (QED) is 0.636. The van der Waals surface area contributed by atoms with Gasteiger partial charge in [-0.25, -0.2) is 4.98 Å². The Balaban J connectivity index is 1.81. The van der Waals surface area contributed by atoms with Crippen LogP contribution in [0.4, 0.5) is 18.9 Å². The number of unbranched alkanes of at least 4 members (excludes halogenated alkanes) is 1. The molecule has 9 heteroatoms. The molecule has 0 bridgehead atoms. The summed E-state index contributed by atoms with van der Waals surface area (Å²) < 4.78 is 37.4. The Hall–Kier alpha value is -2.00. The van der Waals surface area contributed by atoms with E-state index in [4.69, 9.17) is 0 Å². The zero-order valence-electron chi connectivity index (χ0n) is 17.2. The fourth-order valence-corrected chi connectivity index (χ4v) is 4.40. The normalized spacial score (nSPS) is 16.8. The maximum atomic E-state index is 13.2. The van der Waals surface area contributed by atoms with Crippen molar-refractivity contribution in [2.75, 3.05) is 36.6 Å². The largest absolute Gasteiger partial charge is 0.405 e. The highest BCUT2D eigenvalue weighted by atomic mass is 32.2. The molecule has 5 nitrogen and oxygen atoms in total. The molecule has 1 amide bonds. The molecular weight excluding hydrogens is 413 g/mol. The summed E-state index contributed by atoms with van der Waals surface area (Å²) in [6, 6.07) is 6.87. The Morgan fingerprint density at radius 1 is 1.37 bits per heavy atom. The Bertz CT molecular complexity index is 884. The van der Waals surface area contributed by atoms with Crippen LogP contribution >= 0.6 is 11.8 Å². The summed E-state index contributed by atoms with van der Waals surface area (Å²) in [5.74, 6) is 1.78. The van der Waals surface area contributed by atoms with Crippen LogP contribution in [-0.2, 0) is 0 Å². The zero-order valence-corrected chi connectivity index (χ0v) is 18.0. The van der Waals surface area contributed by atoms with Crippen molar-refractivity contribution in [2.45, 2.75) is 38.9 Å². The van der Waals surface area contributed by atoms with Gasteiger partial charge in [0.15, 0.2) is 0 Å². The van der Waals surface area contributed by atoms with Crippen LogP contribution in [0.1, 0.15) is 35.8 Å². The highest BCUT2D eigenvalue weighted by Gasteiger charge is 2.27. The molecule has 1 unspecified atom stereocenters. The van der Waals surface area contributed by atoms with Crippen LogP contribution in [0.25, 0.3) is 10.9 Å². The van der Waals surface area contributed by atoms with Gasteiger partial charge >= 0.3 is 6.18 Å². The maximum absolute atomic E-state index is 13.2. The van der Waals surface area contributed by atoms with E-state index in [0.29, 0.717) is 30.0 Å². The van der Waals surface area contributed by atoms with Gasteiger partial charge in [0.2, 0.25) is 0 Å². The first-order valence-corrected chi connectivity index (χ1v) is 11.2. The molecule has 0 saturated carbocycles. The number of nitrogens with one attached hydrogen (secondary N) is 2. The molecule has 2 heterocycles. The maximum Gasteiger partial charge on any atom is 0.405 e. The Morgan fingerprint density at radius 3 is 2.83 bits per heavy atom. The standard InChI is InChI=1S/C21H27F3N4OS/c1-3-4-7-28(10-16-11-30-13-26-16)20(29)19-8-14(2)17-9-15(5-6-18(17)27-19)25-12-21(22,23)24/h5-6,8-9,16,25-26H,3-4,7,10-13H2,1-2H3. The number of aromatic nitrogens is 1. The number of carbonyl (C=O) groups excluding carboxylic acids is 1. The van der Waals surface area contributed by atoms with E-state index in [0.717, 1.165) is 35.4 Å². The summed E-state index contributed by atoms with van der Waals surface area (Å²) in [5, 5.41) is 6.52. The lowest BCUT2D eigenvalue weighted by Crippen LogP contribution is -2.43. The molecule has 2 N–H and O–H groups in total. The van der Waals surface area contributed by atoms with Crippen molar-refractivity contribution in [3.63, 3.8) is 0 Å². The zero-order chi connectivity index (χ0) is 21.7. The second-order valence-electron chi connectivity index (χ2n) is 7.55. The van der Waals surface area contributed by atoms with Gasteiger partial charge in [0.1, 0.15) is 12.2 Å². The molecule has 1 atom stereocenters. The van der Waals surface area contributed by atoms with E-state index in [2.05, 4.69) is 22.5 Å². The molecule has 1 saturated heterocycles. The van der Waals surface area contributed by atoms with Crippen molar-refractivity contribution in [3.8, 4) is 0 Å². The molecular formula is C21H27F3N4OS. The van der Waals surface area contributed by atoms with Crippen molar-refractivity contribution in [1.82, 2.24) is 15.2 Å². The fraction of sp³-hybridized carbons (Fsp3) is 0.524. The number of benzene rings is 1. The molecule has 164 valence electrons. The van der Waals surface area contributed by atoms with E-state index in [1.165, 1.54) is 0 Å². The SMILES string of the molecule is CCCCN(CC1CSCN1)C(=O)c1cc(C)c2cc(NCC(F)(F)F)ccc2n1. The number of alkyl halides is 3. The topological polar surface area (TPSA) is 57.3 Å². The van der Waals surface area contributed by atoms with Gasteiger partial charge in [0.05, 0.1) is 5.52 Å². The van der Waals surface area contributed by atoms with Gasteiger partial charge in [-0.1, -0.05) is 13.3 Å². The van der Waals surface area contributed by atoms with Gasteiger partial charge in [-0.15, -0.1) is 11.8 Å². The highest BCUT2D eigenvalue weighted by Crippen LogP contribution is 2.24. The van der Waals surface area contributed by atoms with Crippen LogP contribution in [0, 0.1) is 6.92 Å². The van der Waals surface area contributed by atoms with E-state index < -0.39 is 12.7 Å². The summed E-state index contributed by atoms with van der Waals surface area (Å²) in [5.41, 5.74) is 2.15. The predicted molar refractivity (Wildman–Crippen MR) is 116 cm³/mol. The Kier molecular flexibility index (Phi) is 7.46. The number of nitrogens with zero attached hydrogens (tertiary/aromatic N) is 2. The average molecular weight is 441 g/mol. The molecule has 1 aromatic carbocycles. The first-order chi connectivity index (χ1) is 14.3. The molecule has 0 aliphatic carbocycles. The number of thioether (sulfide) groups is 1. The Morgan fingerprint density at radius 2 is 2.17 bits per heavy atom. The van der Waals surface area contributed by atoms with Gasteiger partial charge in [-0.2, -0.15) is 13.2 Å². The molecule has 0 radical (unpaired) electrons. The second kappa shape index (κ2) is 9.87. The lowest BCUT2D eigenvalue weighted by Gasteiger charge is -2.25.